The van der Waals surface area contributed by atoms with Crippen LogP contribution in [-0.2, 0) is 0 Å². The molecule has 3 aromatic rings. The van der Waals surface area contributed by atoms with Crippen molar-refractivity contribution >= 4 is 75.2 Å². The third kappa shape index (κ3) is 2.31. The second-order valence-electron chi connectivity index (χ2n) is 4.53. The summed E-state index contributed by atoms with van der Waals surface area (Å²) >= 11 is 30.9. The molecule has 0 aliphatic heterocycles. The number of hydrogen-bond donors (Lipinski definition) is 1. The van der Waals surface area contributed by atoms with Crippen molar-refractivity contribution < 1.29 is 4.79 Å². The Morgan fingerprint density at radius 3 is 2.05 bits per heavy atom. The normalized spacial score (nSPS) is 11.1. The Labute approximate surface area is 150 Å². The van der Waals surface area contributed by atoms with E-state index in [2.05, 4.69) is 4.98 Å². The van der Waals surface area contributed by atoms with Crippen LogP contribution in [0.25, 0.3) is 22.0 Å². The number of rotatable bonds is 2. The van der Waals surface area contributed by atoms with Gasteiger partial charge in [-0.25, -0.2) is 0 Å². The van der Waals surface area contributed by atoms with Crippen molar-refractivity contribution in [2.75, 3.05) is 0 Å². The summed E-state index contributed by atoms with van der Waals surface area (Å²) in [7, 11) is 0. The van der Waals surface area contributed by atoms with Gasteiger partial charge in [-0.05, 0) is 11.6 Å². The molecule has 0 amide bonds. The molecule has 0 aliphatic rings. The van der Waals surface area contributed by atoms with Gasteiger partial charge in [0.2, 0.25) is 0 Å². The molecule has 0 saturated heterocycles. The number of aromatic amines is 1. The highest BCUT2D eigenvalue weighted by Crippen LogP contribution is 2.49. The quantitative estimate of drug-likeness (QED) is 0.286. The van der Waals surface area contributed by atoms with Gasteiger partial charge >= 0.3 is 0 Å². The average molecular weight is 393 g/mol. The smallest absolute Gasteiger partial charge is 0.152 e. The minimum atomic E-state index is 0.0962. The number of nitrogens with one attached hydrogen (secondary N) is 1. The Bertz CT molecular complexity index is 887. The SMILES string of the molecule is O=Cc1c[nH]c2cccc(-c3c(Cl)c(Cl)c(Cl)c(Cl)c3Cl)c12. The summed E-state index contributed by atoms with van der Waals surface area (Å²) in [6.45, 7) is 0. The number of H-pyrrole nitrogens is 1. The van der Waals surface area contributed by atoms with Crippen LogP contribution in [0.1, 0.15) is 10.4 Å². The van der Waals surface area contributed by atoms with Gasteiger partial charge in [0, 0.05) is 28.2 Å². The lowest BCUT2D eigenvalue weighted by atomic mass is 9.99. The van der Waals surface area contributed by atoms with Gasteiger partial charge in [0.1, 0.15) is 0 Å². The number of carbonyl (C=O) groups is 1. The molecule has 0 atom stereocenters. The fraction of sp³-hybridized carbons (Fsp3) is 0. The molecule has 0 saturated carbocycles. The van der Waals surface area contributed by atoms with E-state index in [0.717, 1.165) is 11.8 Å². The summed E-state index contributed by atoms with van der Waals surface area (Å²) in [4.78, 5) is 14.3. The highest BCUT2D eigenvalue weighted by Gasteiger charge is 2.22. The lowest BCUT2D eigenvalue weighted by molar-refractivity contribution is 0.112. The van der Waals surface area contributed by atoms with Crippen molar-refractivity contribution in [3.05, 3.63) is 55.1 Å². The van der Waals surface area contributed by atoms with Crippen molar-refractivity contribution in [3.63, 3.8) is 0 Å². The van der Waals surface area contributed by atoms with E-state index in [1.165, 1.54) is 0 Å². The number of halogens is 5. The first kappa shape index (κ1) is 16.0. The molecule has 1 aromatic heterocycles. The summed E-state index contributed by atoms with van der Waals surface area (Å²) in [5.41, 5.74) is 2.35. The highest BCUT2D eigenvalue weighted by atomic mass is 35.5. The number of fused-ring (bicyclic) bond motifs is 1. The topological polar surface area (TPSA) is 32.9 Å². The van der Waals surface area contributed by atoms with Gasteiger partial charge in [-0.15, -0.1) is 0 Å². The number of hydrogen-bond acceptors (Lipinski definition) is 1. The highest BCUT2D eigenvalue weighted by molar-refractivity contribution is 6.56. The van der Waals surface area contributed by atoms with E-state index in [4.69, 9.17) is 58.0 Å². The van der Waals surface area contributed by atoms with Crippen LogP contribution in [0, 0.1) is 0 Å². The zero-order chi connectivity index (χ0) is 16.0. The summed E-state index contributed by atoms with van der Waals surface area (Å²) < 4.78 is 0. The molecule has 0 unspecified atom stereocenters. The van der Waals surface area contributed by atoms with E-state index < -0.39 is 0 Å². The van der Waals surface area contributed by atoms with Gasteiger partial charge in [-0.2, -0.15) is 0 Å². The summed E-state index contributed by atoms with van der Waals surface area (Å²) in [6, 6.07) is 5.44. The molecular formula is C15H6Cl5NO. The molecule has 22 heavy (non-hydrogen) atoms. The van der Waals surface area contributed by atoms with Crippen molar-refractivity contribution in [1.82, 2.24) is 4.98 Å². The first-order valence-corrected chi connectivity index (χ1v) is 7.93. The minimum absolute atomic E-state index is 0.0962. The van der Waals surface area contributed by atoms with Crippen molar-refractivity contribution in [3.8, 4) is 11.1 Å². The van der Waals surface area contributed by atoms with Crippen LogP contribution in [-0.4, -0.2) is 11.3 Å². The maximum Gasteiger partial charge on any atom is 0.152 e. The third-order valence-corrected chi connectivity index (χ3v) is 5.62. The molecule has 0 fully saturated rings. The fourth-order valence-electron chi connectivity index (χ4n) is 2.35. The zero-order valence-electron chi connectivity index (χ0n) is 10.7. The Kier molecular flexibility index (Phi) is 4.32. The molecule has 2 aromatic carbocycles. The molecule has 3 rings (SSSR count). The van der Waals surface area contributed by atoms with E-state index in [-0.39, 0.29) is 25.1 Å². The number of carbonyl (C=O) groups excluding carboxylic acids is 1. The second kappa shape index (κ2) is 5.95. The molecule has 1 N–H and O–H groups in total. The van der Waals surface area contributed by atoms with Gasteiger partial charge in [-0.3, -0.25) is 4.79 Å². The molecule has 7 heteroatoms. The molecule has 0 spiro atoms. The summed E-state index contributed by atoms with van der Waals surface area (Å²) in [5.74, 6) is 0. The first-order valence-electron chi connectivity index (χ1n) is 6.04. The zero-order valence-corrected chi connectivity index (χ0v) is 14.5. The molecule has 0 aliphatic carbocycles. The monoisotopic (exact) mass is 391 g/mol. The van der Waals surface area contributed by atoms with Crippen LogP contribution in [0.2, 0.25) is 25.1 Å². The number of benzene rings is 2. The number of aldehydes is 1. The maximum atomic E-state index is 11.3. The van der Waals surface area contributed by atoms with E-state index in [1.807, 2.05) is 12.1 Å². The Morgan fingerprint density at radius 2 is 1.45 bits per heavy atom. The third-order valence-electron chi connectivity index (χ3n) is 3.34. The fourth-order valence-corrected chi connectivity index (χ4v) is 3.70. The van der Waals surface area contributed by atoms with Crippen molar-refractivity contribution in [1.29, 1.82) is 0 Å². The van der Waals surface area contributed by atoms with Gasteiger partial charge in [0.15, 0.2) is 6.29 Å². The molecular weight excluding hydrogens is 387 g/mol. The van der Waals surface area contributed by atoms with Gasteiger partial charge in [-0.1, -0.05) is 70.1 Å². The minimum Gasteiger partial charge on any atom is -0.360 e. The Hall–Kier alpha value is -0.900. The van der Waals surface area contributed by atoms with E-state index >= 15 is 0 Å². The second-order valence-corrected chi connectivity index (χ2v) is 6.42. The van der Waals surface area contributed by atoms with Crippen LogP contribution in [0.3, 0.4) is 0 Å². The molecule has 2 nitrogen and oxygen atoms in total. The Morgan fingerprint density at radius 1 is 0.864 bits per heavy atom. The van der Waals surface area contributed by atoms with Crippen LogP contribution in [0.15, 0.2) is 24.4 Å². The summed E-state index contributed by atoms with van der Waals surface area (Å²) in [5, 5.41) is 1.40. The predicted molar refractivity (Wildman–Crippen MR) is 94.2 cm³/mol. The standard InChI is InChI=1S/C15H6Cl5NO/c16-11-10(12(17)14(19)15(20)13(11)18)7-2-1-3-8-9(7)6(5-22)4-21-8/h1-5,21H. The van der Waals surface area contributed by atoms with E-state index in [1.54, 1.807) is 12.3 Å². The van der Waals surface area contributed by atoms with Gasteiger partial charge < -0.3 is 4.98 Å². The molecule has 0 radical (unpaired) electrons. The lowest BCUT2D eigenvalue weighted by Gasteiger charge is -2.14. The van der Waals surface area contributed by atoms with Crippen LogP contribution in [0.4, 0.5) is 0 Å². The Balaban J connectivity index is 2.48. The van der Waals surface area contributed by atoms with Crippen molar-refractivity contribution in [2.45, 2.75) is 0 Å². The molecule has 1 heterocycles. The average Bonchev–Trinajstić information content (AvgIpc) is 2.95. The molecule has 112 valence electrons. The first-order chi connectivity index (χ1) is 10.5. The van der Waals surface area contributed by atoms with Crippen molar-refractivity contribution in [2.24, 2.45) is 0 Å². The van der Waals surface area contributed by atoms with Gasteiger partial charge in [0.25, 0.3) is 0 Å². The molecule has 0 bridgehead atoms. The van der Waals surface area contributed by atoms with E-state index in [9.17, 15) is 4.79 Å². The van der Waals surface area contributed by atoms with Crippen LogP contribution in [0.5, 0.6) is 0 Å². The largest absolute Gasteiger partial charge is 0.360 e. The summed E-state index contributed by atoms with van der Waals surface area (Å²) in [6.07, 6.45) is 2.37. The van der Waals surface area contributed by atoms with Crippen LogP contribution >= 0.6 is 58.0 Å². The predicted octanol–water partition coefficient (Wildman–Crippen LogP) is 6.91. The number of aromatic nitrogens is 1. The van der Waals surface area contributed by atoms with Gasteiger partial charge in [0.05, 0.1) is 25.1 Å². The maximum absolute atomic E-state index is 11.3. The van der Waals surface area contributed by atoms with Crippen LogP contribution < -0.4 is 0 Å². The lowest BCUT2D eigenvalue weighted by Crippen LogP contribution is -1.89. The van der Waals surface area contributed by atoms with E-state index in [0.29, 0.717) is 22.1 Å².